The van der Waals surface area contributed by atoms with E-state index in [1.807, 2.05) is 51.1 Å². The van der Waals surface area contributed by atoms with E-state index in [0.717, 1.165) is 18.2 Å². The molecule has 1 aromatic heterocycles. The van der Waals surface area contributed by atoms with E-state index >= 15 is 0 Å². The van der Waals surface area contributed by atoms with Gasteiger partial charge in [-0.1, -0.05) is 62.2 Å². The van der Waals surface area contributed by atoms with E-state index in [1.165, 1.54) is 19.1 Å². The van der Waals surface area contributed by atoms with E-state index < -0.39 is 31.1 Å². The second kappa shape index (κ2) is 11.1. The maximum atomic E-state index is 13.8. The highest BCUT2D eigenvalue weighted by molar-refractivity contribution is 7.43. The lowest BCUT2D eigenvalue weighted by Gasteiger charge is -2.20. The summed E-state index contributed by atoms with van der Waals surface area (Å²) in [5, 5.41) is 17.9. The third kappa shape index (κ3) is 5.08. The van der Waals surface area contributed by atoms with Gasteiger partial charge in [0.05, 0.1) is 24.1 Å². The lowest BCUT2D eigenvalue weighted by Crippen LogP contribution is -2.44. The Hall–Kier alpha value is -3.43. The van der Waals surface area contributed by atoms with Crippen molar-refractivity contribution < 1.29 is 28.5 Å². The van der Waals surface area contributed by atoms with Gasteiger partial charge in [0.15, 0.2) is 0 Å². The predicted octanol–water partition coefficient (Wildman–Crippen LogP) is 5.93. The number of benzene rings is 2. The molecule has 0 saturated carbocycles. The molecule has 0 spiro atoms. The Bertz CT molecular complexity index is 1340. The zero-order valence-electron chi connectivity index (χ0n) is 20.7. The number of nitrogens with zero attached hydrogens (tertiary/aromatic N) is 1. The first-order valence-electron chi connectivity index (χ1n) is 11.4. The van der Waals surface area contributed by atoms with Gasteiger partial charge in [0.1, 0.15) is 11.9 Å². The highest BCUT2D eigenvalue weighted by Crippen LogP contribution is 2.43. The summed E-state index contributed by atoms with van der Waals surface area (Å²) < 4.78 is 31.3. The standard InChI is InChI=1S/C28H27FNO5P/c1-17(2)25-23(15-16-28(19(4)31,27(32)33)36(34)35-5)24(20-11-13-22(29)14-12-20)18(3)26(30-25)21-9-7-6-8-10-21/h6-14,17,19,31H,1-5H3/p+1. The second-order valence-corrected chi connectivity index (χ2v) is 10.3. The van der Waals surface area contributed by atoms with Gasteiger partial charge in [0.25, 0.3) is 0 Å². The second-order valence-electron chi connectivity index (χ2n) is 8.69. The molecule has 2 N–H and O–H groups in total. The molecule has 0 amide bonds. The van der Waals surface area contributed by atoms with Crippen LogP contribution in [0.5, 0.6) is 0 Å². The van der Waals surface area contributed by atoms with Crippen LogP contribution in [0.15, 0.2) is 54.6 Å². The fourth-order valence-corrected chi connectivity index (χ4v) is 4.90. The number of carboxylic acids is 1. The fourth-order valence-electron chi connectivity index (χ4n) is 4.01. The Morgan fingerprint density at radius 3 is 2.19 bits per heavy atom. The molecule has 3 rings (SSSR count). The van der Waals surface area contributed by atoms with Crippen LogP contribution in [0.4, 0.5) is 4.39 Å². The molecule has 0 aliphatic heterocycles. The molecule has 0 radical (unpaired) electrons. The van der Waals surface area contributed by atoms with Crippen molar-refractivity contribution in [2.45, 2.75) is 44.9 Å². The molecule has 2 aromatic carbocycles. The fraction of sp³-hybridized carbons (Fsp3) is 0.286. The monoisotopic (exact) mass is 508 g/mol. The third-order valence-electron chi connectivity index (χ3n) is 5.96. The zero-order valence-corrected chi connectivity index (χ0v) is 21.6. The number of halogens is 1. The van der Waals surface area contributed by atoms with Crippen LogP contribution in [-0.4, -0.2) is 39.5 Å². The van der Waals surface area contributed by atoms with E-state index in [2.05, 4.69) is 11.8 Å². The summed E-state index contributed by atoms with van der Waals surface area (Å²) in [6.45, 7) is 6.95. The number of hydrogen-bond donors (Lipinski definition) is 2. The van der Waals surface area contributed by atoms with Crippen molar-refractivity contribution >= 4 is 14.0 Å². The summed E-state index contributed by atoms with van der Waals surface area (Å²) in [6.07, 6.45) is -1.60. The summed E-state index contributed by atoms with van der Waals surface area (Å²) in [6, 6.07) is 15.5. The average Bonchev–Trinajstić information content (AvgIpc) is 2.85. The first-order valence-corrected chi connectivity index (χ1v) is 12.5. The number of aliphatic hydroxyl groups excluding tert-OH is 1. The number of aromatic nitrogens is 1. The van der Waals surface area contributed by atoms with Crippen LogP contribution in [0.25, 0.3) is 22.4 Å². The maximum Gasteiger partial charge on any atom is 0.542 e. The molecule has 3 unspecified atom stereocenters. The van der Waals surface area contributed by atoms with E-state index in [0.29, 0.717) is 28.1 Å². The van der Waals surface area contributed by atoms with Crippen molar-refractivity contribution in [2.75, 3.05) is 7.11 Å². The molecule has 0 bridgehead atoms. The van der Waals surface area contributed by atoms with Gasteiger partial charge in [0.2, 0.25) is 0 Å². The number of aliphatic hydroxyl groups is 1. The summed E-state index contributed by atoms with van der Waals surface area (Å²) >= 11 is 0. The molecule has 8 heteroatoms. The molecule has 0 aliphatic rings. The van der Waals surface area contributed by atoms with Crippen LogP contribution in [0.1, 0.15) is 43.5 Å². The molecule has 3 atom stereocenters. The molecule has 0 fully saturated rings. The Kier molecular flexibility index (Phi) is 8.37. The maximum absolute atomic E-state index is 13.8. The average molecular weight is 509 g/mol. The van der Waals surface area contributed by atoms with Gasteiger partial charge in [-0.15, -0.1) is 4.52 Å². The number of rotatable bonds is 7. The summed E-state index contributed by atoms with van der Waals surface area (Å²) in [5.74, 6) is 3.39. The molecule has 0 aliphatic carbocycles. The van der Waals surface area contributed by atoms with Crippen LogP contribution >= 0.6 is 8.03 Å². The third-order valence-corrected chi connectivity index (χ3v) is 7.54. The topological polar surface area (TPSA) is 96.7 Å². The molecular formula is C28H28FNO5P+. The lowest BCUT2D eigenvalue weighted by molar-refractivity contribution is -0.141. The Morgan fingerprint density at radius 1 is 1.08 bits per heavy atom. The van der Waals surface area contributed by atoms with Gasteiger partial charge in [-0.2, -0.15) is 0 Å². The number of carboxylic acid groups (broad SMARTS) is 1. The van der Waals surface area contributed by atoms with Crippen LogP contribution in [0.3, 0.4) is 0 Å². The number of pyridine rings is 1. The SMILES string of the molecule is CO[P+](=O)C(C#Cc1c(C(C)C)nc(-c2ccccc2)c(C)c1-c1ccc(F)cc1)(C(=O)O)C(C)O. The van der Waals surface area contributed by atoms with Gasteiger partial charge < -0.3 is 10.2 Å². The van der Waals surface area contributed by atoms with Gasteiger partial charge in [-0.25, -0.2) is 9.18 Å². The Balaban J connectivity index is 2.46. The quantitative estimate of drug-likeness (QED) is 0.303. The summed E-state index contributed by atoms with van der Waals surface area (Å²) in [4.78, 5) is 17.1. The summed E-state index contributed by atoms with van der Waals surface area (Å²) in [5.41, 5.74) is 4.67. The van der Waals surface area contributed by atoms with Crippen LogP contribution in [0.2, 0.25) is 0 Å². The highest BCUT2D eigenvalue weighted by Gasteiger charge is 2.62. The van der Waals surface area contributed by atoms with Gasteiger partial charge in [-0.3, -0.25) is 4.98 Å². The normalized spacial score (nSPS) is 13.9. The first-order chi connectivity index (χ1) is 17.0. The van der Waals surface area contributed by atoms with E-state index in [1.54, 1.807) is 12.1 Å². The minimum Gasteiger partial charge on any atom is -0.477 e. The van der Waals surface area contributed by atoms with Gasteiger partial charge in [-0.05, 0) is 53.5 Å². The lowest BCUT2D eigenvalue weighted by atomic mass is 9.88. The van der Waals surface area contributed by atoms with Gasteiger partial charge >= 0.3 is 19.2 Å². The first kappa shape index (κ1) is 27.2. The number of aliphatic carboxylic acids is 1. The molecule has 6 nitrogen and oxygen atoms in total. The Labute approximate surface area is 211 Å². The van der Waals surface area contributed by atoms with Crippen molar-refractivity contribution in [2.24, 2.45) is 0 Å². The van der Waals surface area contributed by atoms with Crippen LogP contribution in [0, 0.1) is 24.6 Å². The minimum absolute atomic E-state index is 0.126. The number of hydrogen-bond acceptors (Lipinski definition) is 5. The molecule has 3 aromatic rings. The molecular weight excluding hydrogens is 480 g/mol. The van der Waals surface area contributed by atoms with Crippen molar-refractivity contribution in [3.63, 3.8) is 0 Å². The van der Waals surface area contributed by atoms with Crippen LogP contribution < -0.4 is 0 Å². The molecule has 36 heavy (non-hydrogen) atoms. The molecule has 0 saturated heterocycles. The van der Waals surface area contributed by atoms with Crippen molar-refractivity contribution in [3.8, 4) is 34.2 Å². The van der Waals surface area contributed by atoms with E-state index in [4.69, 9.17) is 9.51 Å². The smallest absolute Gasteiger partial charge is 0.477 e. The van der Waals surface area contributed by atoms with Crippen molar-refractivity contribution in [1.29, 1.82) is 0 Å². The van der Waals surface area contributed by atoms with Crippen LogP contribution in [-0.2, 0) is 13.9 Å². The van der Waals surface area contributed by atoms with E-state index in [9.17, 15) is 24.0 Å². The van der Waals surface area contributed by atoms with Crippen molar-refractivity contribution in [1.82, 2.24) is 4.98 Å². The molecule has 1 heterocycles. The minimum atomic E-state index is -2.89. The van der Waals surface area contributed by atoms with E-state index in [-0.39, 0.29) is 5.92 Å². The number of carbonyl (C=O) groups is 1. The predicted molar refractivity (Wildman–Crippen MR) is 137 cm³/mol. The Morgan fingerprint density at radius 2 is 1.69 bits per heavy atom. The molecule has 186 valence electrons. The van der Waals surface area contributed by atoms with Crippen molar-refractivity contribution in [3.05, 3.63) is 77.2 Å². The van der Waals surface area contributed by atoms with Gasteiger partial charge in [0, 0.05) is 11.1 Å². The largest absolute Gasteiger partial charge is 0.542 e. The highest BCUT2D eigenvalue weighted by atomic mass is 31.1. The summed E-state index contributed by atoms with van der Waals surface area (Å²) in [7, 11) is -1.79. The zero-order chi connectivity index (χ0) is 26.6.